The van der Waals surface area contributed by atoms with Gasteiger partial charge in [-0.3, -0.25) is 23.6 Å². The number of anilines is 1. The van der Waals surface area contributed by atoms with Gasteiger partial charge in [-0.25, -0.2) is 4.39 Å². The SMILES string of the molecule is Cc1c(/C=C2\C(=O)Nc3ccc(F)cc32)[nH]c2c1C(=O)N(C[C@H](O)N1CCOCC1)CCC2.O=S(=O)(O)O. The van der Waals surface area contributed by atoms with Crippen LogP contribution in [0, 0.1) is 12.7 Å². The molecule has 1 aromatic heterocycles. The largest absolute Gasteiger partial charge is 0.394 e. The molecule has 12 nitrogen and oxygen atoms in total. The Morgan fingerprint density at radius 1 is 1.18 bits per heavy atom. The zero-order chi connectivity index (χ0) is 27.6. The lowest BCUT2D eigenvalue weighted by Gasteiger charge is -2.34. The van der Waals surface area contributed by atoms with Crippen LogP contribution in [-0.4, -0.2) is 94.8 Å². The summed E-state index contributed by atoms with van der Waals surface area (Å²) in [5, 5.41) is 13.4. The predicted molar refractivity (Wildman–Crippen MR) is 135 cm³/mol. The summed E-state index contributed by atoms with van der Waals surface area (Å²) in [5.74, 6) is -0.850. The molecule has 5 N–H and O–H groups in total. The Morgan fingerprint density at radius 2 is 1.87 bits per heavy atom. The third-order valence-corrected chi connectivity index (χ3v) is 6.63. The number of carbonyl (C=O) groups excluding carboxylic acids is 2. The molecule has 38 heavy (non-hydrogen) atoms. The number of hydrogen-bond donors (Lipinski definition) is 5. The van der Waals surface area contributed by atoms with E-state index in [1.54, 1.807) is 17.0 Å². The molecule has 5 rings (SSSR count). The van der Waals surface area contributed by atoms with Crippen molar-refractivity contribution in [1.29, 1.82) is 0 Å². The van der Waals surface area contributed by atoms with Crippen LogP contribution in [0.2, 0.25) is 0 Å². The number of nitrogens with one attached hydrogen (secondary N) is 2. The number of aliphatic hydroxyl groups is 1. The number of carbonyl (C=O) groups is 2. The molecule has 14 heteroatoms. The van der Waals surface area contributed by atoms with Crippen LogP contribution in [-0.2, 0) is 26.4 Å². The topological polar surface area (TPSA) is 172 Å². The second-order valence-corrected chi connectivity index (χ2v) is 10.0. The van der Waals surface area contributed by atoms with Gasteiger partial charge in [-0.2, -0.15) is 8.42 Å². The highest BCUT2D eigenvalue weighted by Crippen LogP contribution is 2.35. The highest BCUT2D eigenvalue weighted by atomic mass is 32.3. The molecule has 2 amide bonds. The van der Waals surface area contributed by atoms with Crippen molar-refractivity contribution in [2.75, 3.05) is 44.7 Å². The minimum absolute atomic E-state index is 0.129. The van der Waals surface area contributed by atoms with Crippen molar-refractivity contribution in [3.63, 3.8) is 0 Å². The molecular weight excluding hydrogens is 523 g/mol. The Hall–Kier alpha value is -3.14. The number of aliphatic hydroxyl groups excluding tert-OH is 1. The number of amides is 2. The van der Waals surface area contributed by atoms with Crippen molar-refractivity contribution < 1.29 is 41.3 Å². The minimum Gasteiger partial charge on any atom is -0.379 e. The van der Waals surface area contributed by atoms with Crippen LogP contribution in [0.4, 0.5) is 10.1 Å². The van der Waals surface area contributed by atoms with Crippen LogP contribution < -0.4 is 5.32 Å². The third kappa shape index (κ3) is 6.46. The van der Waals surface area contributed by atoms with Crippen molar-refractivity contribution in [1.82, 2.24) is 14.8 Å². The van der Waals surface area contributed by atoms with Gasteiger partial charge in [0.2, 0.25) is 0 Å². The van der Waals surface area contributed by atoms with Crippen molar-refractivity contribution in [2.45, 2.75) is 26.0 Å². The number of benzene rings is 1. The van der Waals surface area contributed by atoms with E-state index in [0.717, 1.165) is 17.7 Å². The first-order chi connectivity index (χ1) is 17.9. The number of morpholine rings is 1. The van der Waals surface area contributed by atoms with E-state index in [1.165, 1.54) is 12.1 Å². The Kier molecular flexibility index (Phi) is 8.30. The van der Waals surface area contributed by atoms with Crippen LogP contribution in [0.15, 0.2) is 18.2 Å². The van der Waals surface area contributed by atoms with Crippen LogP contribution in [0.3, 0.4) is 0 Å². The summed E-state index contributed by atoms with van der Waals surface area (Å²) in [6, 6.07) is 4.19. The van der Waals surface area contributed by atoms with Crippen molar-refractivity contribution in [3.8, 4) is 0 Å². The zero-order valence-electron chi connectivity index (χ0n) is 20.6. The lowest BCUT2D eigenvalue weighted by molar-refractivity contribution is -0.110. The molecule has 1 fully saturated rings. The number of ether oxygens (including phenoxy) is 1. The van der Waals surface area contributed by atoms with E-state index in [-0.39, 0.29) is 18.4 Å². The normalized spacial score (nSPS) is 19.8. The number of aromatic nitrogens is 1. The summed E-state index contributed by atoms with van der Waals surface area (Å²) in [6.07, 6.45) is 2.39. The Bertz CT molecular complexity index is 1360. The molecule has 1 atom stereocenters. The molecule has 4 heterocycles. The summed E-state index contributed by atoms with van der Waals surface area (Å²) < 4.78 is 50.7. The summed E-state index contributed by atoms with van der Waals surface area (Å²) in [7, 11) is -4.67. The number of hydrogen-bond acceptors (Lipinski definition) is 7. The molecule has 3 aliphatic heterocycles. The van der Waals surface area contributed by atoms with Gasteiger partial charge in [-0.05, 0) is 49.6 Å². The summed E-state index contributed by atoms with van der Waals surface area (Å²) >= 11 is 0. The minimum atomic E-state index is -4.67. The molecule has 0 spiro atoms. The highest BCUT2D eigenvalue weighted by Gasteiger charge is 2.31. The molecule has 3 aliphatic rings. The van der Waals surface area contributed by atoms with Crippen LogP contribution in [0.25, 0.3) is 11.6 Å². The first-order valence-corrected chi connectivity index (χ1v) is 13.4. The van der Waals surface area contributed by atoms with Gasteiger partial charge < -0.3 is 25.0 Å². The number of halogens is 1. The van der Waals surface area contributed by atoms with Crippen LogP contribution in [0.1, 0.15) is 39.3 Å². The second-order valence-electron chi connectivity index (χ2n) is 9.15. The molecule has 1 saturated heterocycles. The average Bonchev–Trinajstić information content (AvgIpc) is 3.27. The second kappa shape index (κ2) is 11.3. The smallest absolute Gasteiger partial charge is 0.379 e. The van der Waals surface area contributed by atoms with Gasteiger partial charge >= 0.3 is 10.4 Å². The predicted octanol–water partition coefficient (Wildman–Crippen LogP) is 1.34. The number of nitrogens with zero attached hydrogens (tertiary/aromatic N) is 2. The van der Waals surface area contributed by atoms with E-state index < -0.39 is 22.4 Å². The fourth-order valence-corrected chi connectivity index (χ4v) is 4.82. The molecule has 1 aromatic carbocycles. The lowest BCUT2D eigenvalue weighted by atomic mass is 10.0. The Labute approximate surface area is 218 Å². The summed E-state index contributed by atoms with van der Waals surface area (Å²) in [6.45, 7) is 5.07. The third-order valence-electron chi connectivity index (χ3n) is 6.63. The van der Waals surface area contributed by atoms with E-state index >= 15 is 0 Å². The average molecular weight is 553 g/mol. The van der Waals surface area contributed by atoms with Gasteiger partial charge in [0.1, 0.15) is 12.0 Å². The lowest BCUT2D eigenvalue weighted by Crippen LogP contribution is -2.50. The fourth-order valence-electron chi connectivity index (χ4n) is 4.82. The van der Waals surface area contributed by atoms with Crippen LogP contribution >= 0.6 is 0 Å². The molecule has 0 radical (unpaired) electrons. The van der Waals surface area contributed by atoms with Gasteiger partial charge in [0.15, 0.2) is 0 Å². The molecule has 0 unspecified atom stereocenters. The van der Waals surface area contributed by atoms with Crippen LogP contribution in [0.5, 0.6) is 0 Å². The molecule has 206 valence electrons. The number of β-amino-alcohol motifs (C(OH)–C–C–N with tert-alkyl or cyclic N) is 1. The molecule has 0 saturated carbocycles. The Morgan fingerprint density at radius 3 is 2.55 bits per heavy atom. The molecular formula is C24H29FN4O8S. The zero-order valence-corrected chi connectivity index (χ0v) is 21.4. The number of aromatic amines is 1. The summed E-state index contributed by atoms with van der Waals surface area (Å²) in [4.78, 5) is 32.9. The van der Waals surface area contributed by atoms with Crippen molar-refractivity contribution in [2.24, 2.45) is 0 Å². The maximum absolute atomic E-state index is 13.8. The number of fused-ring (bicyclic) bond motifs is 2. The summed E-state index contributed by atoms with van der Waals surface area (Å²) in [5.41, 5.74) is 4.25. The van der Waals surface area contributed by atoms with E-state index in [9.17, 15) is 19.1 Å². The monoisotopic (exact) mass is 552 g/mol. The van der Waals surface area contributed by atoms with Gasteiger partial charge in [-0.1, -0.05) is 0 Å². The van der Waals surface area contributed by atoms with Gasteiger partial charge in [0.05, 0.1) is 30.9 Å². The molecule has 0 aliphatic carbocycles. The van der Waals surface area contributed by atoms with E-state index in [2.05, 4.69) is 10.3 Å². The van der Waals surface area contributed by atoms with Crippen molar-refractivity contribution in [3.05, 3.63) is 52.1 Å². The van der Waals surface area contributed by atoms with Crippen molar-refractivity contribution >= 4 is 39.5 Å². The molecule has 0 bridgehead atoms. The standard InChI is InChI=1S/C24H27FN4O4.H2O4S/c1-14-20(12-17-16-11-15(25)4-5-18(16)27-23(17)31)26-19-3-2-6-29(24(32)22(14)19)13-21(30)28-7-9-33-10-8-28;1-5(2,3)4/h4-5,11-12,21,26,30H,2-3,6-10,13H2,1H3,(H,27,31);(H2,1,2,3,4)/b17-12-;/t21-;/m0./s1. The fraction of sp³-hybridized carbons (Fsp3) is 0.417. The van der Waals surface area contributed by atoms with E-state index in [0.29, 0.717) is 67.4 Å². The van der Waals surface area contributed by atoms with Gasteiger partial charge in [0, 0.05) is 42.3 Å². The number of rotatable bonds is 4. The highest BCUT2D eigenvalue weighted by molar-refractivity contribution is 7.79. The first-order valence-electron chi connectivity index (χ1n) is 12.0. The van der Waals surface area contributed by atoms with E-state index in [4.69, 9.17) is 22.3 Å². The molecule has 2 aromatic rings. The van der Waals surface area contributed by atoms with E-state index in [1.807, 2.05) is 11.8 Å². The van der Waals surface area contributed by atoms with Gasteiger partial charge in [0.25, 0.3) is 11.8 Å². The number of aryl methyl sites for hydroxylation is 1. The maximum Gasteiger partial charge on any atom is 0.394 e. The van der Waals surface area contributed by atoms with Gasteiger partial charge in [-0.15, -0.1) is 0 Å². The Balaban J connectivity index is 0.000000617. The quantitative estimate of drug-likeness (QED) is 0.277. The first kappa shape index (κ1) is 27.9. The maximum atomic E-state index is 13.8. The number of H-pyrrole nitrogens is 1.